The third-order valence-corrected chi connectivity index (χ3v) is 5.93. The highest BCUT2D eigenvalue weighted by Crippen LogP contribution is 2.52. The van der Waals surface area contributed by atoms with Gasteiger partial charge in [-0.1, -0.05) is 12.1 Å². The summed E-state index contributed by atoms with van der Waals surface area (Å²) in [4.78, 5) is 14.1. The van der Waals surface area contributed by atoms with Gasteiger partial charge in [-0.25, -0.2) is 9.97 Å². The molecule has 0 spiro atoms. The molecule has 0 saturated heterocycles. The summed E-state index contributed by atoms with van der Waals surface area (Å²) in [5.74, 6) is 1.01. The van der Waals surface area contributed by atoms with E-state index >= 15 is 0 Å². The van der Waals surface area contributed by atoms with Gasteiger partial charge in [-0.3, -0.25) is 0 Å². The first-order chi connectivity index (χ1) is 13.8. The van der Waals surface area contributed by atoms with Gasteiger partial charge in [-0.2, -0.15) is 0 Å². The van der Waals surface area contributed by atoms with Crippen LogP contribution in [0.4, 0.5) is 17.2 Å². The molecular formula is C24H26N4O. The first-order valence-corrected chi connectivity index (χ1v) is 10.1. The summed E-state index contributed by atoms with van der Waals surface area (Å²) < 4.78 is 6.37. The second kappa shape index (κ2) is 5.96. The van der Waals surface area contributed by atoms with Gasteiger partial charge in [0.1, 0.15) is 5.66 Å². The zero-order valence-electron chi connectivity index (χ0n) is 17.8. The molecule has 0 N–H and O–H groups in total. The fourth-order valence-electron chi connectivity index (χ4n) is 4.86. The van der Waals surface area contributed by atoms with Gasteiger partial charge in [0, 0.05) is 28.7 Å². The Morgan fingerprint density at radius 3 is 2.52 bits per heavy atom. The molecule has 0 bridgehead atoms. The summed E-state index contributed by atoms with van der Waals surface area (Å²) >= 11 is 0. The second-order valence-corrected chi connectivity index (χ2v) is 8.65. The smallest absolute Gasteiger partial charge is 0.227 e. The third-order valence-electron chi connectivity index (χ3n) is 5.93. The number of anilines is 3. The van der Waals surface area contributed by atoms with Crippen LogP contribution in [0.1, 0.15) is 39.0 Å². The van der Waals surface area contributed by atoms with Crippen LogP contribution in [0.15, 0.2) is 47.0 Å². The highest BCUT2D eigenvalue weighted by atomic mass is 16.3. The zero-order chi connectivity index (χ0) is 20.5. The van der Waals surface area contributed by atoms with Crippen LogP contribution in [0.2, 0.25) is 0 Å². The first kappa shape index (κ1) is 18.0. The number of hydrogen-bond acceptors (Lipinski definition) is 5. The van der Waals surface area contributed by atoms with Gasteiger partial charge in [0.05, 0.1) is 11.4 Å². The highest BCUT2D eigenvalue weighted by molar-refractivity contribution is 6.10. The van der Waals surface area contributed by atoms with Crippen molar-refractivity contribution in [3.8, 4) is 0 Å². The number of pyridine rings is 2. The van der Waals surface area contributed by atoms with Crippen LogP contribution in [0, 0.1) is 13.8 Å². The van der Waals surface area contributed by atoms with Gasteiger partial charge < -0.3 is 14.2 Å². The van der Waals surface area contributed by atoms with Crippen molar-refractivity contribution in [2.45, 2.75) is 53.2 Å². The summed E-state index contributed by atoms with van der Waals surface area (Å²) in [6, 6.07) is 12.9. The molecule has 0 amide bonds. The van der Waals surface area contributed by atoms with Crippen LogP contribution < -0.4 is 9.80 Å². The molecule has 4 aromatic rings. The summed E-state index contributed by atoms with van der Waals surface area (Å²) in [7, 11) is 0. The Morgan fingerprint density at radius 1 is 1.00 bits per heavy atom. The second-order valence-electron chi connectivity index (χ2n) is 8.65. The Balaban J connectivity index is 1.85. The Kier molecular flexibility index (Phi) is 3.69. The Hall–Kier alpha value is -3.08. The number of furan rings is 1. The molecule has 29 heavy (non-hydrogen) atoms. The molecular weight excluding hydrogens is 360 g/mol. The van der Waals surface area contributed by atoms with Crippen LogP contribution in [0.5, 0.6) is 0 Å². The fraction of sp³-hybridized carbons (Fsp3) is 0.333. The van der Waals surface area contributed by atoms with E-state index in [9.17, 15) is 0 Å². The molecule has 1 aromatic carbocycles. The molecule has 4 heterocycles. The van der Waals surface area contributed by atoms with Crippen molar-refractivity contribution < 1.29 is 4.42 Å². The molecule has 5 nitrogen and oxygen atoms in total. The molecule has 1 aliphatic heterocycles. The van der Waals surface area contributed by atoms with E-state index in [1.54, 1.807) is 0 Å². The monoisotopic (exact) mass is 386 g/mol. The van der Waals surface area contributed by atoms with Gasteiger partial charge in [0.2, 0.25) is 5.71 Å². The standard InChI is InChI=1S/C24H26N4O/c1-14(2)27-22-19(8-7-13-25-22)28(24(27,5)6)20-15(3)9-11-17-18-12-10-16(4)26-23(18)29-21(17)20/h7-14H,1-6H3. The largest absolute Gasteiger partial charge is 0.435 e. The van der Waals surface area contributed by atoms with Crippen LogP contribution in [0.25, 0.3) is 22.1 Å². The van der Waals surface area contributed by atoms with E-state index in [-0.39, 0.29) is 5.66 Å². The fourth-order valence-corrected chi connectivity index (χ4v) is 4.86. The van der Waals surface area contributed by atoms with Crippen molar-refractivity contribution in [2.75, 3.05) is 9.80 Å². The SMILES string of the molecule is Cc1ccc2c(n1)oc1c(N3c4cccnc4N(C(C)C)C3(C)C)c(C)ccc12. The molecule has 0 saturated carbocycles. The van der Waals surface area contributed by atoms with Crippen molar-refractivity contribution in [2.24, 2.45) is 0 Å². The normalized spacial score (nSPS) is 15.7. The maximum Gasteiger partial charge on any atom is 0.227 e. The minimum atomic E-state index is -0.299. The molecule has 148 valence electrons. The average molecular weight is 386 g/mol. The highest BCUT2D eigenvalue weighted by Gasteiger charge is 2.46. The molecule has 3 aromatic heterocycles. The predicted molar refractivity (Wildman–Crippen MR) is 119 cm³/mol. The van der Waals surface area contributed by atoms with Gasteiger partial charge in [0.25, 0.3) is 0 Å². The number of aryl methyl sites for hydroxylation is 2. The molecule has 0 atom stereocenters. The number of fused-ring (bicyclic) bond motifs is 4. The molecule has 5 rings (SSSR count). The number of benzene rings is 1. The van der Waals surface area contributed by atoms with Gasteiger partial charge in [-0.05, 0) is 71.4 Å². The summed E-state index contributed by atoms with van der Waals surface area (Å²) in [5, 5.41) is 2.15. The number of rotatable bonds is 2. The van der Waals surface area contributed by atoms with E-state index in [2.05, 4.69) is 73.7 Å². The maximum atomic E-state index is 6.37. The van der Waals surface area contributed by atoms with Crippen molar-refractivity contribution in [1.29, 1.82) is 0 Å². The third kappa shape index (κ3) is 2.40. The van der Waals surface area contributed by atoms with Gasteiger partial charge in [-0.15, -0.1) is 0 Å². The number of nitrogens with zero attached hydrogens (tertiary/aromatic N) is 4. The van der Waals surface area contributed by atoms with E-state index in [4.69, 9.17) is 9.40 Å². The van der Waals surface area contributed by atoms with Crippen molar-refractivity contribution in [1.82, 2.24) is 9.97 Å². The molecule has 5 heteroatoms. The Morgan fingerprint density at radius 2 is 1.76 bits per heavy atom. The predicted octanol–water partition coefficient (Wildman–Crippen LogP) is 6.10. The topological polar surface area (TPSA) is 45.4 Å². The quantitative estimate of drug-likeness (QED) is 0.417. The molecule has 0 unspecified atom stereocenters. The lowest BCUT2D eigenvalue weighted by atomic mass is 10.0. The van der Waals surface area contributed by atoms with Crippen LogP contribution >= 0.6 is 0 Å². The van der Waals surface area contributed by atoms with Crippen molar-refractivity contribution in [3.63, 3.8) is 0 Å². The Labute approximate surface area is 171 Å². The number of aromatic nitrogens is 2. The van der Waals surface area contributed by atoms with Crippen LogP contribution in [-0.2, 0) is 0 Å². The van der Waals surface area contributed by atoms with E-state index in [1.165, 1.54) is 5.56 Å². The lowest BCUT2D eigenvalue weighted by Gasteiger charge is -2.42. The van der Waals surface area contributed by atoms with Crippen molar-refractivity contribution >= 4 is 39.3 Å². The van der Waals surface area contributed by atoms with E-state index in [0.29, 0.717) is 11.8 Å². The Bertz CT molecular complexity index is 1250. The maximum absolute atomic E-state index is 6.37. The van der Waals surface area contributed by atoms with E-state index in [0.717, 1.165) is 39.2 Å². The lowest BCUT2D eigenvalue weighted by molar-refractivity contribution is 0.454. The summed E-state index contributed by atoms with van der Waals surface area (Å²) in [6.45, 7) is 13.1. The first-order valence-electron chi connectivity index (χ1n) is 10.1. The molecule has 0 radical (unpaired) electrons. The van der Waals surface area contributed by atoms with Crippen molar-refractivity contribution in [3.05, 3.63) is 53.9 Å². The minimum Gasteiger partial charge on any atom is -0.435 e. The average Bonchev–Trinajstić information content (AvgIpc) is 3.12. The van der Waals surface area contributed by atoms with E-state index < -0.39 is 0 Å². The van der Waals surface area contributed by atoms with E-state index in [1.807, 2.05) is 25.3 Å². The lowest BCUT2D eigenvalue weighted by Crippen LogP contribution is -2.53. The molecule has 0 fully saturated rings. The van der Waals surface area contributed by atoms with Gasteiger partial charge in [0.15, 0.2) is 11.4 Å². The molecule has 0 aliphatic carbocycles. The van der Waals surface area contributed by atoms with Crippen LogP contribution in [0.3, 0.4) is 0 Å². The van der Waals surface area contributed by atoms with Gasteiger partial charge >= 0.3 is 0 Å². The number of hydrogen-bond donors (Lipinski definition) is 0. The summed E-state index contributed by atoms with van der Waals surface area (Å²) in [5.41, 5.74) is 5.58. The summed E-state index contributed by atoms with van der Waals surface area (Å²) in [6.07, 6.45) is 1.87. The van der Waals surface area contributed by atoms with Crippen LogP contribution in [-0.4, -0.2) is 21.7 Å². The molecule has 1 aliphatic rings. The minimum absolute atomic E-state index is 0.299. The zero-order valence-corrected chi connectivity index (χ0v) is 17.8.